The van der Waals surface area contributed by atoms with Crippen molar-refractivity contribution in [3.8, 4) is 0 Å². The molecule has 0 aromatic carbocycles. The summed E-state index contributed by atoms with van der Waals surface area (Å²) in [4.78, 5) is 14.4. The monoisotopic (exact) mass is 196 g/mol. The second-order valence-electron chi connectivity index (χ2n) is 2.51. The molecule has 2 heterocycles. The number of aromatic carboxylic acids is 1. The largest absolute Gasteiger partial charge is 0.476 e. The molecule has 0 radical (unpaired) electrons. The summed E-state index contributed by atoms with van der Waals surface area (Å²) in [7, 11) is 0. The molecule has 0 unspecified atom stereocenters. The molecule has 66 valence electrons. The summed E-state index contributed by atoms with van der Waals surface area (Å²) < 4.78 is 1.58. The van der Waals surface area contributed by atoms with Gasteiger partial charge in [0, 0.05) is 6.20 Å². The lowest BCUT2D eigenvalue weighted by atomic mass is 10.3. The number of carboxylic acids is 1. The maximum atomic E-state index is 10.7. The highest BCUT2D eigenvalue weighted by molar-refractivity contribution is 6.34. The van der Waals surface area contributed by atoms with Gasteiger partial charge in [-0.25, -0.2) is 9.78 Å². The van der Waals surface area contributed by atoms with Gasteiger partial charge in [0.1, 0.15) is 6.33 Å². The maximum absolute atomic E-state index is 10.7. The van der Waals surface area contributed by atoms with Crippen molar-refractivity contribution in [2.75, 3.05) is 0 Å². The fraction of sp³-hybridized carbons (Fsp3) is 0. The molecule has 0 fully saturated rings. The number of hydrogen-bond donors (Lipinski definition) is 1. The van der Waals surface area contributed by atoms with Crippen LogP contribution >= 0.6 is 11.6 Å². The molecule has 2 aromatic rings. The van der Waals surface area contributed by atoms with E-state index in [1.807, 2.05) is 0 Å². The molecule has 5 heteroatoms. The average molecular weight is 197 g/mol. The van der Waals surface area contributed by atoms with E-state index in [0.29, 0.717) is 10.5 Å². The van der Waals surface area contributed by atoms with E-state index in [0.717, 1.165) is 0 Å². The van der Waals surface area contributed by atoms with Crippen LogP contribution in [-0.4, -0.2) is 20.5 Å². The Hall–Kier alpha value is -1.55. The van der Waals surface area contributed by atoms with E-state index < -0.39 is 5.97 Å². The van der Waals surface area contributed by atoms with Gasteiger partial charge in [-0.3, -0.25) is 0 Å². The van der Waals surface area contributed by atoms with Gasteiger partial charge < -0.3 is 9.51 Å². The molecule has 0 aliphatic carbocycles. The van der Waals surface area contributed by atoms with Crippen molar-refractivity contribution in [2.45, 2.75) is 0 Å². The summed E-state index contributed by atoms with van der Waals surface area (Å²) in [5, 5.41) is 9.15. The van der Waals surface area contributed by atoms with Crippen LogP contribution in [0.25, 0.3) is 5.52 Å². The second kappa shape index (κ2) is 2.74. The third kappa shape index (κ3) is 1.15. The zero-order valence-corrected chi connectivity index (χ0v) is 7.19. The number of imidazole rings is 1. The van der Waals surface area contributed by atoms with E-state index in [1.54, 1.807) is 22.7 Å². The normalized spacial score (nSPS) is 10.5. The third-order valence-electron chi connectivity index (χ3n) is 1.71. The first-order valence-electron chi connectivity index (χ1n) is 3.54. The highest BCUT2D eigenvalue weighted by Gasteiger charge is 2.13. The zero-order valence-electron chi connectivity index (χ0n) is 6.44. The fourth-order valence-corrected chi connectivity index (χ4v) is 1.43. The Balaban J connectivity index is 2.86. The van der Waals surface area contributed by atoms with Crippen LogP contribution in [-0.2, 0) is 0 Å². The van der Waals surface area contributed by atoms with Gasteiger partial charge in [-0.05, 0) is 12.1 Å². The molecule has 0 saturated carbocycles. The number of nitrogens with zero attached hydrogens (tertiary/aromatic N) is 2. The summed E-state index contributed by atoms with van der Waals surface area (Å²) in [6.45, 7) is 0. The average Bonchev–Trinajstić information content (AvgIpc) is 2.49. The fourth-order valence-electron chi connectivity index (χ4n) is 1.17. The molecule has 2 aromatic heterocycles. The molecule has 0 spiro atoms. The molecular weight excluding hydrogens is 192 g/mol. The van der Waals surface area contributed by atoms with Crippen molar-refractivity contribution in [1.82, 2.24) is 9.38 Å². The Morgan fingerprint density at radius 3 is 3.08 bits per heavy atom. The van der Waals surface area contributed by atoms with Crippen LogP contribution in [0.15, 0.2) is 24.7 Å². The molecule has 0 aliphatic rings. The number of pyridine rings is 1. The molecule has 2 rings (SSSR count). The third-order valence-corrected chi connectivity index (χ3v) is 2.02. The van der Waals surface area contributed by atoms with Gasteiger partial charge in [-0.15, -0.1) is 0 Å². The summed E-state index contributed by atoms with van der Waals surface area (Å²) in [5.41, 5.74) is 0.405. The highest BCUT2D eigenvalue weighted by Crippen LogP contribution is 2.19. The van der Waals surface area contributed by atoms with Crippen molar-refractivity contribution < 1.29 is 9.90 Å². The van der Waals surface area contributed by atoms with E-state index in [2.05, 4.69) is 4.98 Å². The Labute approximate surface area is 78.4 Å². The Morgan fingerprint density at radius 1 is 1.62 bits per heavy atom. The number of halogens is 1. The molecule has 0 bridgehead atoms. The molecule has 0 atom stereocenters. The smallest absolute Gasteiger partial charge is 0.356 e. The summed E-state index contributed by atoms with van der Waals surface area (Å²) >= 11 is 5.82. The van der Waals surface area contributed by atoms with Crippen LogP contribution in [0.1, 0.15) is 10.5 Å². The SMILES string of the molecule is O=C(O)c1ncn2cccc(Cl)c12. The van der Waals surface area contributed by atoms with E-state index >= 15 is 0 Å². The number of rotatable bonds is 1. The van der Waals surface area contributed by atoms with E-state index in [4.69, 9.17) is 16.7 Å². The summed E-state index contributed by atoms with van der Waals surface area (Å²) in [6, 6.07) is 3.35. The predicted octanol–water partition coefficient (Wildman–Crippen LogP) is 1.69. The number of carbonyl (C=O) groups is 1. The van der Waals surface area contributed by atoms with E-state index in [-0.39, 0.29) is 5.69 Å². The first-order chi connectivity index (χ1) is 6.20. The summed E-state index contributed by atoms with van der Waals surface area (Å²) in [6.07, 6.45) is 3.12. The number of hydrogen-bond acceptors (Lipinski definition) is 2. The van der Waals surface area contributed by atoms with Crippen LogP contribution < -0.4 is 0 Å². The minimum absolute atomic E-state index is 0.0226. The minimum atomic E-state index is -1.07. The molecular formula is C8H5ClN2O2. The van der Waals surface area contributed by atoms with E-state index in [9.17, 15) is 4.79 Å². The number of aromatic nitrogens is 2. The van der Waals surface area contributed by atoms with E-state index in [1.165, 1.54) is 6.33 Å². The lowest BCUT2D eigenvalue weighted by molar-refractivity contribution is 0.0693. The lowest BCUT2D eigenvalue weighted by Crippen LogP contribution is -1.97. The van der Waals surface area contributed by atoms with Gasteiger partial charge >= 0.3 is 5.97 Å². The standard InChI is InChI=1S/C8H5ClN2O2/c9-5-2-1-3-11-4-10-6(7(5)11)8(12)13/h1-4H,(H,12,13). The van der Waals surface area contributed by atoms with Gasteiger partial charge in [0.15, 0.2) is 5.69 Å². The molecule has 4 nitrogen and oxygen atoms in total. The summed E-state index contributed by atoms with van der Waals surface area (Å²) in [5.74, 6) is -1.07. The maximum Gasteiger partial charge on any atom is 0.356 e. The molecule has 0 saturated heterocycles. The van der Waals surface area contributed by atoms with Crippen molar-refractivity contribution in [3.63, 3.8) is 0 Å². The minimum Gasteiger partial charge on any atom is -0.476 e. The van der Waals surface area contributed by atoms with Gasteiger partial charge in [0.2, 0.25) is 0 Å². The zero-order chi connectivity index (χ0) is 9.42. The quantitative estimate of drug-likeness (QED) is 0.755. The van der Waals surface area contributed by atoms with Crippen LogP contribution in [0.3, 0.4) is 0 Å². The second-order valence-corrected chi connectivity index (χ2v) is 2.92. The number of carboxylic acid groups (broad SMARTS) is 1. The Bertz CT molecular complexity index is 478. The van der Waals surface area contributed by atoms with Crippen LogP contribution in [0.5, 0.6) is 0 Å². The Kier molecular flexibility index (Phi) is 1.70. The van der Waals surface area contributed by atoms with Gasteiger partial charge in [0.05, 0.1) is 10.5 Å². The van der Waals surface area contributed by atoms with Crippen molar-refractivity contribution in [2.24, 2.45) is 0 Å². The van der Waals surface area contributed by atoms with Gasteiger partial charge in [0.25, 0.3) is 0 Å². The van der Waals surface area contributed by atoms with Gasteiger partial charge in [-0.1, -0.05) is 11.6 Å². The van der Waals surface area contributed by atoms with Crippen molar-refractivity contribution in [3.05, 3.63) is 35.4 Å². The molecule has 0 amide bonds. The highest BCUT2D eigenvalue weighted by atomic mass is 35.5. The lowest BCUT2D eigenvalue weighted by Gasteiger charge is -1.95. The Morgan fingerprint density at radius 2 is 2.38 bits per heavy atom. The van der Waals surface area contributed by atoms with Gasteiger partial charge in [-0.2, -0.15) is 0 Å². The van der Waals surface area contributed by atoms with Crippen LogP contribution in [0, 0.1) is 0 Å². The molecule has 0 aliphatic heterocycles. The van der Waals surface area contributed by atoms with Crippen molar-refractivity contribution >= 4 is 23.1 Å². The topological polar surface area (TPSA) is 54.6 Å². The van der Waals surface area contributed by atoms with Crippen LogP contribution in [0.2, 0.25) is 5.02 Å². The predicted molar refractivity (Wildman–Crippen MR) is 47.2 cm³/mol. The molecule has 1 N–H and O–H groups in total. The van der Waals surface area contributed by atoms with Crippen LogP contribution in [0.4, 0.5) is 0 Å². The first kappa shape index (κ1) is 8.07. The van der Waals surface area contributed by atoms with Crippen molar-refractivity contribution in [1.29, 1.82) is 0 Å². The first-order valence-corrected chi connectivity index (χ1v) is 3.92. The number of fused-ring (bicyclic) bond motifs is 1. The molecule has 13 heavy (non-hydrogen) atoms.